The number of aromatic nitrogens is 6. The van der Waals surface area contributed by atoms with Crippen molar-refractivity contribution >= 4 is 17.6 Å². The van der Waals surface area contributed by atoms with E-state index in [-0.39, 0.29) is 18.3 Å². The van der Waals surface area contributed by atoms with Crippen LogP contribution in [0.5, 0.6) is 5.75 Å². The van der Waals surface area contributed by atoms with Gasteiger partial charge in [-0.05, 0) is 51.0 Å². The van der Waals surface area contributed by atoms with Crippen LogP contribution in [0.1, 0.15) is 42.1 Å². The molecule has 3 N–H and O–H groups in total. The van der Waals surface area contributed by atoms with Gasteiger partial charge < -0.3 is 20.3 Å². The maximum atomic E-state index is 12.4. The van der Waals surface area contributed by atoms with E-state index in [1.165, 1.54) is 0 Å². The van der Waals surface area contributed by atoms with Crippen LogP contribution in [-0.2, 0) is 17.6 Å². The number of nitrogen functional groups attached to an aromatic ring is 1. The molecule has 0 radical (unpaired) electrons. The second kappa shape index (κ2) is 10.3. The van der Waals surface area contributed by atoms with Crippen molar-refractivity contribution in [3.63, 3.8) is 0 Å². The Hall–Kier alpha value is -4.02. The summed E-state index contributed by atoms with van der Waals surface area (Å²) in [7, 11) is 1.63. The molecule has 1 amide bonds. The molecule has 0 bridgehead atoms. The van der Waals surface area contributed by atoms with Crippen molar-refractivity contribution in [1.82, 2.24) is 35.0 Å². The average Bonchev–Trinajstić information content (AvgIpc) is 3.45. The Bertz CT molecular complexity index is 1280. The number of nitrogens with one attached hydrogen (secondary N) is 1. The zero-order valence-electron chi connectivity index (χ0n) is 19.5. The van der Waals surface area contributed by atoms with Crippen molar-refractivity contribution in [3.8, 4) is 17.1 Å². The number of ether oxygens (including phenoxy) is 1. The van der Waals surface area contributed by atoms with Gasteiger partial charge in [0.25, 0.3) is 5.78 Å². The number of methoxy groups -OCH3 is 1. The number of hydrogen-bond donors (Lipinski definition) is 2. The largest absolute Gasteiger partial charge is 0.497 e. The van der Waals surface area contributed by atoms with Gasteiger partial charge in [0.15, 0.2) is 0 Å². The second-order valence-corrected chi connectivity index (χ2v) is 8.02. The lowest BCUT2D eigenvalue weighted by Gasteiger charge is -2.10. The normalized spacial score (nSPS) is 11.1. The van der Waals surface area contributed by atoms with Crippen LogP contribution in [0.4, 0.5) is 5.95 Å². The zero-order chi connectivity index (χ0) is 24.1. The molecule has 0 saturated heterocycles. The first-order valence-electron chi connectivity index (χ1n) is 11.2. The number of fused-ring (bicyclic) bond motifs is 1. The molecule has 0 saturated carbocycles. The van der Waals surface area contributed by atoms with Crippen LogP contribution in [-0.4, -0.2) is 49.3 Å². The van der Waals surface area contributed by atoms with Gasteiger partial charge in [-0.15, -0.1) is 5.10 Å². The lowest BCUT2D eigenvalue weighted by Crippen LogP contribution is -2.27. The Morgan fingerprint density at radius 1 is 1.12 bits per heavy atom. The molecule has 0 spiro atoms. The molecule has 0 fully saturated rings. The second-order valence-electron chi connectivity index (χ2n) is 8.02. The number of anilines is 1. The first-order chi connectivity index (χ1) is 16.4. The van der Waals surface area contributed by atoms with E-state index in [9.17, 15) is 4.79 Å². The fraction of sp³-hybridized carbons (Fsp3) is 0.391. The minimum absolute atomic E-state index is 0.0542. The topological polar surface area (TPSA) is 146 Å². The number of nitrogens with two attached hydrogens (primary N) is 1. The van der Waals surface area contributed by atoms with E-state index in [4.69, 9.17) is 15.0 Å². The van der Waals surface area contributed by atoms with Gasteiger partial charge in [-0.25, -0.2) is 4.98 Å². The highest BCUT2D eigenvalue weighted by molar-refractivity contribution is 5.79. The molecule has 3 aromatic heterocycles. The van der Waals surface area contributed by atoms with E-state index < -0.39 is 0 Å². The summed E-state index contributed by atoms with van der Waals surface area (Å²) in [6.45, 7) is 4.35. The number of nitrogens with zero attached hydrogens (tertiary/aromatic N) is 6. The van der Waals surface area contributed by atoms with Gasteiger partial charge in [0.1, 0.15) is 5.75 Å². The average molecular weight is 465 g/mol. The number of carbonyl (C=O) groups excluding carboxylic acids is 1. The van der Waals surface area contributed by atoms with Gasteiger partial charge in [-0.1, -0.05) is 11.6 Å². The molecule has 0 aliphatic heterocycles. The number of aryl methyl sites for hydroxylation is 3. The van der Waals surface area contributed by atoms with Gasteiger partial charge in [-0.3, -0.25) is 4.79 Å². The number of amides is 1. The Morgan fingerprint density at radius 2 is 1.91 bits per heavy atom. The lowest BCUT2D eigenvalue weighted by molar-refractivity contribution is -0.120. The molecule has 1 aromatic carbocycles. The summed E-state index contributed by atoms with van der Waals surface area (Å²) in [6, 6.07) is 7.52. The molecule has 34 heavy (non-hydrogen) atoms. The van der Waals surface area contributed by atoms with Gasteiger partial charge >= 0.3 is 0 Å². The van der Waals surface area contributed by atoms with Gasteiger partial charge in [0.05, 0.1) is 13.5 Å². The van der Waals surface area contributed by atoms with Gasteiger partial charge in [0, 0.05) is 35.5 Å². The summed E-state index contributed by atoms with van der Waals surface area (Å²) in [5, 5.41) is 11.2. The van der Waals surface area contributed by atoms with Crippen molar-refractivity contribution in [2.45, 2.75) is 46.0 Å². The molecular formula is C23H28N8O3. The molecular weight excluding hydrogens is 436 g/mol. The maximum Gasteiger partial charge on any atom is 0.254 e. The quantitative estimate of drug-likeness (QED) is 0.338. The molecule has 4 rings (SSSR count). The van der Waals surface area contributed by atoms with Crippen LogP contribution >= 0.6 is 0 Å². The van der Waals surface area contributed by atoms with Gasteiger partial charge in [0.2, 0.25) is 23.6 Å². The standard InChI is InChI=1S/C23H28N8O3/c1-14-18(15(2)31-23(26-14)28-22(24)29-31)13-19(32)25-12-6-4-5-7-20-27-21(30-34-20)16-8-10-17(33-3)11-9-16/h8-11H,4-7,12-13H2,1-3H3,(H2,24,29)(H,25,32). The smallest absolute Gasteiger partial charge is 0.254 e. The van der Waals surface area contributed by atoms with Crippen LogP contribution in [0.3, 0.4) is 0 Å². The maximum absolute atomic E-state index is 12.4. The lowest BCUT2D eigenvalue weighted by atomic mass is 10.1. The molecule has 11 nitrogen and oxygen atoms in total. The summed E-state index contributed by atoms with van der Waals surface area (Å²) < 4.78 is 12.1. The van der Waals surface area contributed by atoms with Crippen LogP contribution in [0.25, 0.3) is 17.2 Å². The van der Waals surface area contributed by atoms with E-state index in [1.54, 1.807) is 11.6 Å². The molecule has 3 heterocycles. The summed E-state index contributed by atoms with van der Waals surface area (Å²) in [4.78, 5) is 25.4. The zero-order valence-corrected chi connectivity index (χ0v) is 19.5. The van der Waals surface area contributed by atoms with Crippen molar-refractivity contribution in [2.75, 3.05) is 19.4 Å². The third-order valence-corrected chi connectivity index (χ3v) is 5.61. The Labute approximate surface area is 196 Å². The number of benzene rings is 1. The molecule has 0 aliphatic carbocycles. The van der Waals surface area contributed by atoms with E-state index in [0.717, 1.165) is 47.5 Å². The minimum Gasteiger partial charge on any atom is -0.497 e. The van der Waals surface area contributed by atoms with Crippen molar-refractivity contribution in [2.24, 2.45) is 0 Å². The van der Waals surface area contributed by atoms with Crippen molar-refractivity contribution < 1.29 is 14.1 Å². The van der Waals surface area contributed by atoms with Crippen LogP contribution in [0, 0.1) is 13.8 Å². The van der Waals surface area contributed by atoms with Crippen LogP contribution in [0.15, 0.2) is 28.8 Å². The van der Waals surface area contributed by atoms with E-state index in [0.29, 0.717) is 30.5 Å². The van der Waals surface area contributed by atoms with Crippen molar-refractivity contribution in [3.05, 3.63) is 47.1 Å². The van der Waals surface area contributed by atoms with Crippen LogP contribution < -0.4 is 15.8 Å². The highest BCUT2D eigenvalue weighted by Crippen LogP contribution is 2.20. The highest BCUT2D eigenvalue weighted by atomic mass is 16.5. The summed E-state index contributed by atoms with van der Waals surface area (Å²) in [6.07, 6.45) is 3.62. The fourth-order valence-electron chi connectivity index (χ4n) is 3.72. The molecule has 0 unspecified atom stereocenters. The van der Waals surface area contributed by atoms with Crippen LogP contribution in [0.2, 0.25) is 0 Å². The third kappa shape index (κ3) is 5.30. The third-order valence-electron chi connectivity index (χ3n) is 5.61. The predicted molar refractivity (Wildman–Crippen MR) is 125 cm³/mol. The van der Waals surface area contributed by atoms with Crippen molar-refractivity contribution in [1.29, 1.82) is 0 Å². The van der Waals surface area contributed by atoms with Gasteiger partial charge in [-0.2, -0.15) is 14.5 Å². The molecule has 178 valence electrons. The minimum atomic E-state index is -0.0542. The summed E-state index contributed by atoms with van der Waals surface area (Å²) in [5.41, 5.74) is 8.94. The number of carbonyl (C=O) groups is 1. The first-order valence-corrected chi connectivity index (χ1v) is 11.2. The summed E-state index contributed by atoms with van der Waals surface area (Å²) >= 11 is 0. The van der Waals surface area contributed by atoms with E-state index in [1.807, 2.05) is 38.1 Å². The number of rotatable bonds is 10. The number of hydrogen-bond acceptors (Lipinski definition) is 9. The highest BCUT2D eigenvalue weighted by Gasteiger charge is 2.15. The molecule has 4 aromatic rings. The Balaban J connectivity index is 1.19. The molecule has 11 heteroatoms. The Morgan fingerprint density at radius 3 is 2.68 bits per heavy atom. The Kier molecular flexibility index (Phi) is 7.00. The SMILES string of the molecule is COc1ccc(-c2noc(CCCCCNC(=O)Cc3c(C)nc4nc(N)nn4c3C)n2)cc1. The molecule has 0 atom stereocenters. The van der Waals surface area contributed by atoms with E-state index in [2.05, 4.69) is 30.5 Å². The molecule has 0 aliphatic rings. The summed E-state index contributed by atoms with van der Waals surface area (Å²) in [5.74, 6) is 2.50. The predicted octanol–water partition coefficient (Wildman–Crippen LogP) is 2.45. The first kappa shape index (κ1) is 23.1. The van der Waals surface area contributed by atoms with E-state index >= 15 is 0 Å². The monoisotopic (exact) mass is 464 g/mol. The number of unbranched alkanes of at least 4 members (excludes halogenated alkanes) is 2. The fourth-order valence-corrected chi connectivity index (χ4v) is 3.72.